The van der Waals surface area contributed by atoms with Gasteiger partial charge in [-0.2, -0.15) is 13.2 Å². The third-order valence-corrected chi connectivity index (χ3v) is 4.76. The predicted molar refractivity (Wildman–Crippen MR) is 98.9 cm³/mol. The van der Waals surface area contributed by atoms with E-state index in [0.29, 0.717) is 23.1 Å². The number of anilines is 1. The number of benzene rings is 2. The molecule has 1 atom stereocenters. The maximum Gasteiger partial charge on any atom is 0.418 e. The van der Waals surface area contributed by atoms with Crippen molar-refractivity contribution in [1.82, 2.24) is 0 Å². The van der Waals surface area contributed by atoms with Gasteiger partial charge in [-0.15, -0.1) is 11.8 Å². The van der Waals surface area contributed by atoms with Crippen LogP contribution in [0.15, 0.2) is 48.5 Å². The number of nitrogens with one attached hydrogen (secondary N) is 1. The van der Waals surface area contributed by atoms with Crippen LogP contribution < -0.4 is 10.1 Å². The van der Waals surface area contributed by atoms with Crippen LogP contribution >= 0.6 is 23.4 Å². The van der Waals surface area contributed by atoms with Crippen LogP contribution in [0.2, 0.25) is 5.02 Å². The second kappa shape index (κ2) is 9.19. The fourth-order valence-electron chi connectivity index (χ4n) is 2.06. The number of hydrogen-bond acceptors (Lipinski definition) is 3. The number of carbonyl (C=O) groups excluding carboxylic acids is 1. The Hall–Kier alpha value is -1.86. The lowest BCUT2D eigenvalue weighted by molar-refractivity contribution is -0.137. The van der Waals surface area contributed by atoms with Gasteiger partial charge in [0.2, 0.25) is 5.91 Å². The lowest BCUT2D eigenvalue weighted by Crippen LogP contribution is -2.25. The van der Waals surface area contributed by atoms with Crippen molar-refractivity contribution in [3.8, 4) is 5.75 Å². The standard InChI is InChI=1S/C18H17ClF3NO2S/c1-12(26-11-10-25-14-8-6-13(19)7-9-14)17(24)23-16-5-3-2-4-15(16)18(20,21)22/h2-9,12H,10-11H2,1H3,(H,23,24)/t12-/m1/s1. The number of alkyl halides is 3. The summed E-state index contributed by atoms with van der Waals surface area (Å²) in [5.41, 5.74) is -1.11. The summed E-state index contributed by atoms with van der Waals surface area (Å²) < 4.78 is 44.4. The summed E-state index contributed by atoms with van der Waals surface area (Å²) >= 11 is 7.08. The molecule has 1 amide bonds. The fraction of sp³-hybridized carbons (Fsp3) is 0.278. The molecule has 2 aromatic carbocycles. The Morgan fingerprint density at radius 1 is 1.19 bits per heavy atom. The monoisotopic (exact) mass is 403 g/mol. The molecule has 0 aliphatic carbocycles. The minimum atomic E-state index is -4.52. The quantitative estimate of drug-likeness (QED) is 0.620. The third-order valence-electron chi connectivity index (χ3n) is 3.39. The number of amides is 1. The predicted octanol–water partition coefficient (Wildman–Crippen LogP) is 5.50. The lowest BCUT2D eigenvalue weighted by Gasteiger charge is -2.16. The zero-order chi connectivity index (χ0) is 19.2. The molecule has 0 heterocycles. The zero-order valence-electron chi connectivity index (χ0n) is 13.8. The summed E-state index contributed by atoms with van der Waals surface area (Å²) in [6.07, 6.45) is -4.52. The van der Waals surface area contributed by atoms with Crippen LogP contribution in [0, 0.1) is 0 Å². The van der Waals surface area contributed by atoms with Crippen molar-refractivity contribution < 1.29 is 22.7 Å². The SMILES string of the molecule is C[C@@H](SCCOc1ccc(Cl)cc1)C(=O)Nc1ccccc1C(F)(F)F. The molecule has 0 fully saturated rings. The normalized spacial score (nSPS) is 12.5. The molecule has 0 saturated carbocycles. The lowest BCUT2D eigenvalue weighted by atomic mass is 10.1. The molecular weight excluding hydrogens is 387 g/mol. The van der Waals surface area contributed by atoms with Crippen LogP contribution in [-0.4, -0.2) is 23.5 Å². The number of halogens is 4. The van der Waals surface area contributed by atoms with Gasteiger partial charge in [0.05, 0.1) is 23.1 Å². The molecule has 0 aliphatic rings. The molecule has 2 rings (SSSR count). The van der Waals surface area contributed by atoms with E-state index in [9.17, 15) is 18.0 Å². The second-order valence-electron chi connectivity index (χ2n) is 5.35. The van der Waals surface area contributed by atoms with Crippen molar-refractivity contribution in [2.75, 3.05) is 17.7 Å². The van der Waals surface area contributed by atoms with Crippen molar-refractivity contribution in [3.05, 3.63) is 59.1 Å². The van der Waals surface area contributed by atoms with Crippen LogP contribution in [0.3, 0.4) is 0 Å². The average molecular weight is 404 g/mol. The molecular formula is C18H17ClF3NO2S. The highest BCUT2D eigenvalue weighted by atomic mass is 35.5. The molecule has 0 radical (unpaired) electrons. The number of rotatable bonds is 7. The van der Waals surface area contributed by atoms with Gasteiger partial charge in [-0.05, 0) is 43.3 Å². The third kappa shape index (κ3) is 6.14. The summed E-state index contributed by atoms with van der Waals surface area (Å²) in [4.78, 5) is 12.1. The number of carbonyl (C=O) groups is 1. The van der Waals surface area contributed by atoms with Crippen LogP contribution in [0.25, 0.3) is 0 Å². The van der Waals surface area contributed by atoms with Crippen LogP contribution in [0.4, 0.5) is 18.9 Å². The van der Waals surface area contributed by atoms with E-state index in [1.54, 1.807) is 31.2 Å². The highest BCUT2D eigenvalue weighted by Crippen LogP contribution is 2.34. The Morgan fingerprint density at radius 3 is 2.50 bits per heavy atom. The highest BCUT2D eigenvalue weighted by Gasteiger charge is 2.33. The van der Waals surface area contributed by atoms with E-state index in [2.05, 4.69) is 5.32 Å². The second-order valence-corrected chi connectivity index (χ2v) is 7.23. The van der Waals surface area contributed by atoms with E-state index in [0.717, 1.165) is 6.07 Å². The Kier molecular flexibility index (Phi) is 7.23. The van der Waals surface area contributed by atoms with E-state index < -0.39 is 22.9 Å². The molecule has 0 spiro atoms. The number of thioether (sulfide) groups is 1. The molecule has 0 aliphatic heterocycles. The van der Waals surface area contributed by atoms with E-state index in [-0.39, 0.29) is 5.69 Å². The first-order valence-electron chi connectivity index (χ1n) is 7.74. The van der Waals surface area contributed by atoms with E-state index >= 15 is 0 Å². The topological polar surface area (TPSA) is 38.3 Å². The summed E-state index contributed by atoms with van der Waals surface area (Å²) in [7, 11) is 0. The first-order chi connectivity index (χ1) is 12.3. The molecule has 2 aromatic rings. The molecule has 26 heavy (non-hydrogen) atoms. The van der Waals surface area contributed by atoms with Gasteiger partial charge in [-0.25, -0.2) is 0 Å². The number of ether oxygens (including phenoxy) is 1. The Balaban J connectivity index is 1.82. The first-order valence-corrected chi connectivity index (χ1v) is 9.17. The fourth-order valence-corrected chi connectivity index (χ4v) is 2.93. The van der Waals surface area contributed by atoms with Gasteiger partial charge in [-0.1, -0.05) is 23.7 Å². The van der Waals surface area contributed by atoms with Crippen LogP contribution in [-0.2, 0) is 11.0 Å². The van der Waals surface area contributed by atoms with Gasteiger partial charge in [0.1, 0.15) is 5.75 Å². The van der Waals surface area contributed by atoms with E-state index in [1.807, 2.05) is 0 Å². The average Bonchev–Trinajstić information content (AvgIpc) is 2.59. The van der Waals surface area contributed by atoms with Gasteiger partial charge in [0.25, 0.3) is 0 Å². The molecule has 0 saturated heterocycles. The van der Waals surface area contributed by atoms with Gasteiger partial charge < -0.3 is 10.1 Å². The Morgan fingerprint density at radius 2 is 1.85 bits per heavy atom. The maximum absolute atomic E-state index is 13.0. The van der Waals surface area contributed by atoms with Crippen molar-refractivity contribution in [3.63, 3.8) is 0 Å². The summed E-state index contributed by atoms with van der Waals surface area (Å²) in [6, 6.07) is 11.8. The van der Waals surface area contributed by atoms with Crippen molar-refractivity contribution in [1.29, 1.82) is 0 Å². The molecule has 0 aromatic heterocycles. The molecule has 0 unspecified atom stereocenters. The smallest absolute Gasteiger partial charge is 0.418 e. The number of para-hydroxylation sites is 1. The van der Waals surface area contributed by atoms with Crippen LogP contribution in [0.5, 0.6) is 5.75 Å². The summed E-state index contributed by atoms with van der Waals surface area (Å²) in [6.45, 7) is 2.00. The van der Waals surface area contributed by atoms with E-state index in [1.165, 1.54) is 30.0 Å². The Labute approximate surface area is 158 Å². The molecule has 1 N–H and O–H groups in total. The first kappa shape index (κ1) is 20.5. The largest absolute Gasteiger partial charge is 0.493 e. The molecule has 140 valence electrons. The minimum Gasteiger partial charge on any atom is -0.493 e. The van der Waals surface area contributed by atoms with Crippen LogP contribution in [0.1, 0.15) is 12.5 Å². The van der Waals surface area contributed by atoms with Crippen molar-refractivity contribution >= 4 is 35.0 Å². The van der Waals surface area contributed by atoms with Gasteiger partial charge in [0, 0.05) is 10.8 Å². The number of hydrogen-bond donors (Lipinski definition) is 1. The van der Waals surface area contributed by atoms with Gasteiger partial charge in [0.15, 0.2) is 0 Å². The molecule has 0 bridgehead atoms. The van der Waals surface area contributed by atoms with E-state index in [4.69, 9.17) is 16.3 Å². The molecule has 3 nitrogen and oxygen atoms in total. The van der Waals surface area contributed by atoms with Gasteiger partial charge in [-0.3, -0.25) is 4.79 Å². The molecule has 8 heteroatoms. The Bertz CT molecular complexity index is 738. The zero-order valence-corrected chi connectivity index (χ0v) is 15.4. The summed E-state index contributed by atoms with van der Waals surface area (Å²) in [5.74, 6) is 0.683. The summed E-state index contributed by atoms with van der Waals surface area (Å²) in [5, 5.41) is 2.43. The van der Waals surface area contributed by atoms with Crippen molar-refractivity contribution in [2.45, 2.75) is 18.3 Å². The maximum atomic E-state index is 13.0. The minimum absolute atomic E-state index is 0.241. The highest BCUT2D eigenvalue weighted by molar-refractivity contribution is 8.00. The van der Waals surface area contributed by atoms with Gasteiger partial charge >= 0.3 is 6.18 Å². The van der Waals surface area contributed by atoms with Crippen molar-refractivity contribution in [2.24, 2.45) is 0 Å².